The number of halogens is 3. The maximum atomic E-state index is 13.9. The van der Waals surface area contributed by atoms with Crippen molar-refractivity contribution in [2.75, 3.05) is 0 Å². The Morgan fingerprint density at radius 3 is 2.42 bits per heavy atom. The molecule has 0 aliphatic heterocycles. The Morgan fingerprint density at radius 1 is 1.23 bits per heavy atom. The minimum Gasteiger partial charge on any atom is -0.478 e. The van der Waals surface area contributed by atoms with Crippen molar-refractivity contribution in [2.24, 2.45) is 11.3 Å². The molecule has 26 heavy (non-hydrogen) atoms. The third-order valence-electron chi connectivity index (χ3n) is 7.02. The molecule has 0 spiro atoms. The number of carboxylic acids is 1. The van der Waals surface area contributed by atoms with Crippen molar-refractivity contribution in [2.45, 2.75) is 77.3 Å². The summed E-state index contributed by atoms with van der Waals surface area (Å²) in [6.07, 6.45) is -1.82. The summed E-state index contributed by atoms with van der Waals surface area (Å²) in [6, 6.07) is 3.62. The van der Waals surface area contributed by atoms with Gasteiger partial charge >= 0.3 is 12.1 Å². The first kappa shape index (κ1) is 19.2. The van der Waals surface area contributed by atoms with E-state index in [9.17, 15) is 23.1 Å². The number of carboxylic acid groups (broad SMARTS) is 1. The van der Waals surface area contributed by atoms with Crippen LogP contribution in [-0.4, -0.2) is 17.3 Å². The van der Waals surface area contributed by atoms with Gasteiger partial charge in [-0.2, -0.15) is 13.2 Å². The van der Waals surface area contributed by atoms with Crippen molar-refractivity contribution >= 4 is 5.97 Å². The summed E-state index contributed by atoms with van der Waals surface area (Å²) < 4.78 is 41.8. The molecule has 1 aromatic carbocycles. The number of benzene rings is 1. The van der Waals surface area contributed by atoms with Crippen molar-refractivity contribution < 1.29 is 23.1 Å². The van der Waals surface area contributed by atoms with Crippen LogP contribution in [-0.2, 0) is 11.8 Å². The molecule has 3 rings (SSSR count). The van der Waals surface area contributed by atoms with Gasteiger partial charge in [-0.3, -0.25) is 0 Å². The first-order valence-corrected chi connectivity index (χ1v) is 9.39. The van der Waals surface area contributed by atoms with Crippen LogP contribution in [0.1, 0.15) is 86.3 Å². The molecular weight excluding hydrogens is 341 g/mol. The molecule has 5 heteroatoms. The molecule has 0 bridgehead atoms. The number of aryl methyl sites for hydroxylation is 1. The van der Waals surface area contributed by atoms with E-state index in [-0.39, 0.29) is 17.9 Å². The summed E-state index contributed by atoms with van der Waals surface area (Å²) in [7, 11) is 0. The average Bonchev–Trinajstić information content (AvgIpc) is 2.52. The monoisotopic (exact) mass is 368 g/mol. The largest absolute Gasteiger partial charge is 0.478 e. The van der Waals surface area contributed by atoms with E-state index in [1.54, 1.807) is 6.07 Å². The normalized spacial score (nSPS) is 31.5. The summed E-state index contributed by atoms with van der Waals surface area (Å²) in [5, 5.41) is 9.65. The Hall–Kier alpha value is -1.52. The van der Waals surface area contributed by atoms with Gasteiger partial charge in [0.2, 0.25) is 0 Å². The molecule has 2 nitrogen and oxygen atoms in total. The number of fused-ring (bicyclic) bond motifs is 3. The van der Waals surface area contributed by atoms with E-state index in [2.05, 4.69) is 0 Å². The van der Waals surface area contributed by atoms with E-state index in [0.717, 1.165) is 16.7 Å². The highest BCUT2D eigenvalue weighted by molar-refractivity contribution is 5.90. The van der Waals surface area contributed by atoms with Gasteiger partial charge in [0.25, 0.3) is 0 Å². The number of rotatable bonds is 2. The Kier molecular flexibility index (Phi) is 4.44. The lowest BCUT2D eigenvalue weighted by atomic mass is 9.49. The van der Waals surface area contributed by atoms with Crippen LogP contribution >= 0.6 is 0 Å². The number of hydrogen-bond acceptors (Lipinski definition) is 1. The van der Waals surface area contributed by atoms with Crippen LogP contribution in [0.3, 0.4) is 0 Å². The van der Waals surface area contributed by atoms with Gasteiger partial charge < -0.3 is 5.11 Å². The number of aromatic carboxylic acids is 1. The lowest BCUT2D eigenvalue weighted by Gasteiger charge is -2.55. The number of carbonyl (C=O) groups is 1. The minimum absolute atomic E-state index is 0.0590. The summed E-state index contributed by atoms with van der Waals surface area (Å²) in [5.74, 6) is -1.46. The van der Waals surface area contributed by atoms with E-state index >= 15 is 0 Å². The van der Waals surface area contributed by atoms with E-state index in [4.69, 9.17) is 0 Å². The summed E-state index contributed by atoms with van der Waals surface area (Å²) >= 11 is 0. The fourth-order valence-corrected chi connectivity index (χ4v) is 5.54. The topological polar surface area (TPSA) is 37.3 Å². The molecular formula is C21H27F3O2. The van der Waals surface area contributed by atoms with E-state index in [1.807, 2.05) is 26.8 Å². The van der Waals surface area contributed by atoms with Crippen LogP contribution in [0.2, 0.25) is 0 Å². The highest BCUT2D eigenvalue weighted by Gasteiger charge is 2.62. The van der Waals surface area contributed by atoms with Gasteiger partial charge in [0.15, 0.2) is 0 Å². The van der Waals surface area contributed by atoms with E-state index in [0.29, 0.717) is 25.7 Å². The van der Waals surface area contributed by atoms with Crippen LogP contribution in [0, 0.1) is 11.3 Å². The van der Waals surface area contributed by atoms with E-state index in [1.165, 1.54) is 6.92 Å². The molecule has 0 saturated heterocycles. The molecule has 0 heterocycles. The zero-order valence-electron chi connectivity index (χ0n) is 15.8. The maximum Gasteiger partial charge on any atom is 0.394 e. The summed E-state index contributed by atoms with van der Waals surface area (Å²) in [5.41, 5.74) is 0.523. The number of hydrogen-bond donors (Lipinski definition) is 1. The predicted molar refractivity (Wildman–Crippen MR) is 94.7 cm³/mol. The van der Waals surface area contributed by atoms with Gasteiger partial charge in [-0.1, -0.05) is 40.2 Å². The van der Waals surface area contributed by atoms with Crippen LogP contribution in [0.4, 0.5) is 13.2 Å². The van der Waals surface area contributed by atoms with Crippen LogP contribution in [0.5, 0.6) is 0 Å². The van der Waals surface area contributed by atoms with E-state index < -0.39 is 28.9 Å². The first-order valence-electron chi connectivity index (χ1n) is 9.39. The second-order valence-corrected chi connectivity index (χ2v) is 8.83. The second kappa shape index (κ2) is 6.00. The average molecular weight is 368 g/mol. The molecule has 0 radical (unpaired) electrons. The molecule has 3 unspecified atom stereocenters. The van der Waals surface area contributed by atoms with Gasteiger partial charge in [0.1, 0.15) is 0 Å². The van der Waals surface area contributed by atoms with Gasteiger partial charge in [0, 0.05) is 0 Å². The second-order valence-electron chi connectivity index (χ2n) is 8.83. The molecule has 144 valence electrons. The third-order valence-corrected chi connectivity index (χ3v) is 7.02. The number of alkyl halides is 3. The summed E-state index contributed by atoms with van der Waals surface area (Å²) in [4.78, 5) is 11.8. The fourth-order valence-electron chi connectivity index (χ4n) is 5.54. The third kappa shape index (κ3) is 2.66. The van der Waals surface area contributed by atoms with Crippen molar-refractivity contribution in [1.29, 1.82) is 0 Å². The SMILES string of the molecule is CC(C)c1cc2c(cc1C(=O)O)C1(C)CCCC(C)(C(F)(F)F)C1CC2. The van der Waals surface area contributed by atoms with Gasteiger partial charge in [-0.25, -0.2) is 4.79 Å². The summed E-state index contributed by atoms with van der Waals surface area (Å²) in [6.45, 7) is 7.17. The molecule has 2 aliphatic carbocycles. The van der Waals surface area contributed by atoms with Gasteiger partial charge in [-0.15, -0.1) is 0 Å². The Labute approximate surface area is 152 Å². The molecule has 2 aliphatic rings. The Bertz CT molecular complexity index is 738. The molecule has 0 amide bonds. The zero-order valence-corrected chi connectivity index (χ0v) is 15.8. The molecule has 3 atom stereocenters. The van der Waals surface area contributed by atoms with Crippen molar-refractivity contribution in [1.82, 2.24) is 0 Å². The smallest absolute Gasteiger partial charge is 0.394 e. The lowest BCUT2D eigenvalue weighted by molar-refractivity contribution is -0.257. The van der Waals surface area contributed by atoms with Crippen molar-refractivity contribution in [3.63, 3.8) is 0 Å². The maximum absolute atomic E-state index is 13.9. The van der Waals surface area contributed by atoms with Gasteiger partial charge in [0.05, 0.1) is 11.0 Å². The molecule has 1 N–H and O–H groups in total. The predicted octanol–water partition coefficient (Wildman–Crippen LogP) is 6.08. The van der Waals surface area contributed by atoms with Crippen molar-refractivity contribution in [3.8, 4) is 0 Å². The molecule has 1 fully saturated rings. The Balaban J connectivity index is 2.18. The van der Waals surface area contributed by atoms with Crippen LogP contribution in [0.25, 0.3) is 0 Å². The van der Waals surface area contributed by atoms with Crippen LogP contribution in [0.15, 0.2) is 12.1 Å². The van der Waals surface area contributed by atoms with Crippen LogP contribution < -0.4 is 0 Å². The standard InChI is InChI=1S/C21H27F3O2/c1-12(2)14-10-13-6-7-17-19(3,16(13)11-15(14)18(25)26)8-5-9-20(17,4)21(22,23)24/h10-12,17H,5-9H2,1-4H3,(H,25,26). The lowest BCUT2D eigenvalue weighted by Crippen LogP contribution is -2.55. The van der Waals surface area contributed by atoms with Crippen molar-refractivity contribution in [3.05, 3.63) is 34.4 Å². The molecule has 1 aromatic rings. The Morgan fingerprint density at radius 2 is 1.88 bits per heavy atom. The van der Waals surface area contributed by atoms with Gasteiger partial charge in [-0.05, 0) is 65.7 Å². The quantitative estimate of drug-likeness (QED) is 0.687. The first-order chi connectivity index (χ1) is 11.9. The highest BCUT2D eigenvalue weighted by atomic mass is 19.4. The fraction of sp³-hybridized carbons (Fsp3) is 0.667. The highest BCUT2D eigenvalue weighted by Crippen LogP contribution is 2.62. The zero-order chi connectivity index (χ0) is 19.5. The molecule has 1 saturated carbocycles. The molecule has 0 aromatic heterocycles. The minimum atomic E-state index is -4.25.